The average Bonchev–Trinajstić information content (AvgIpc) is 3.33. The van der Waals surface area contributed by atoms with Crippen molar-refractivity contribution in [3.8, 4) is 11.8 Å². The van der Waals surface area contributed by atoms with Gasteiger partial charge < -0.3 is 15.7 Å². The highest BCUT2D eigenvalue weighted by atomic mass is 35.5. The number of rotatable bonds is 4. The van der Waals surface area contributed by atoms with E-state index in [1.54, 1.807) is 13.0 Å². The zero-order valence-electron chi connectivity index (χ0n) is 16.7. The van der Waals surface area contributed by atoms with Crippen LogP contribution in [0.25, 0.3) is 10.9 Å². The van der Waals surface area contributed by atoms with Gasteiger partial charge in [0.15, 0.2) is 0 Å². The molecule has 1 aliphatic rings. The summed E-state index contributed by atoms with van der Waals surface area (Å²) in [5.41, 5.74) is 8.40. The highest BCUT2D eigenvalue weighted by Crippen LogP contribution is 2.23. The van der Waals surface area contributed by atoms with Gasteiger partial charge in [-0.2, -0.15) is 5.10 Å². The van der Waals surface area contributed by atoms with Crippen molar-refractivity contribution >= 4 is 34.2 Å². The van der Waals surface area contributed by atoms with E-state index < -0.39 is 5.97 Å². The number of halogens is 1. The molecule has 1 fully saturated rings. The van der Waals surface area contributed by atoms with Crippen molar-refractivity contribution in [2.24, 2.45) is 0 Å². The Balaban J connectivity index is 1.75. The van der Waals surface area contributed by atoms with Gasteiger partial charge in [0.1, 0.15) is 11.4 Å². The first-order valence-electron chi connectivity index (χ1n) is 9.83. The van der Waals surface area contributed by atoms with Crippen molar-refractivity contribution in [3.05, 3.63) is 51.9 Å². The van der Waals surface area contributed by atoms with Crippen molar-refractivity contribution < 1.29 is 9.90 Å². The molecule has 0 bridgehead atoms. The average molecular weight is 424 g/mol. The van der Waals surface area contributed by atoms with Crippen molar-refractivity contribution in [3.63, 3.8) is 0 Å². The number of aromatic carboxylic acids is 1. The summed E-state index contributed by atoms with van der Waals surface area (Å²) < 4.78 is 1.88. The molecule has 0 saturated carbocycles. The van der Waals surface area contributed by atoms with Crippen LogP contribution in [0.15, 0.2) is 24.4 Å². The Labute approximate surface area is 179 Å². The highest BCUT2D eigenvalue weighted by Gasteiger charge is 2.16. The number of nitrogens with two attached hydrogens (primary N) is 1. The fraction of sp³-hybridized carbons (Fsp3) is 0.318. The fourth-order valence-electron chi connectivity index (χ4n) is 3.77. The number of pyridine rings is 1. The Hall–Kier alpha value is -3.08. The van der Waals surface area contributed by atoms with Gasteiger partial charge in [0.2, 0.25) is 0 Å². The number of nitrogen functional groups attached to an aromatic ring is 1. The smallest absolute Gasteiger partial charge is 0.338 e. The van der Waals surface area contributed by atoms with Crippen LogP contribution in [0.4, 0.5) is 5.69 Å². The lowest BCUT2D eigenvalue weighted by Crippen LogP contribution is -2.24. The molecule has 154 valence electrons. The summed E-state index contributed by atoms with van der Waals surface area (Å²) in [5.74, 6) is 4.98. The summed E-state index contributed by atoms with van der Waals surface area (Å²) in [6.45, 7) is 5.47. The predicted molar refractivity (Wildman–Crippen MR) is 117 cm³/mol. The largest absolute Gasteiger partial charge is 0.478 e. The molecular weight excluding hydrogens is 402 g/mol. The number of carbonyl (C=O) groups is 1. The minimum Gasteiger partial charge on any atom is -0.478 e. The molecule has 4 rings (SSSR count). The molecule has 0 radical (unpaired) electrons. The lowest BCUT2D eigenvalue weighted by molar-refractivity contribution is 0.0697. The number of likely N-dealkylation sites (tertiary alicyclic amines) is 1. The Morgan fingerprint density at radius 2 is 2.03 bits per heavy atom. The van der Waals surface area contributed by atoms with Crippen molar-refractivity contribution in [1.82, 2.24) is 19.7 Å². The molecule has 1 aromatic carbocycles. The Bertz CT molecular complexity index is 1190. The lowest BCUT2D eigenvalue weighted by Gasteiger charge is -2.14. The standard InChI is InChI=1S/C22H22ClN5O2/c1-14-13-25-18(21(24)20(14)22(29)30)6-7-19-16-12-15(23)4-5-17(16)26-28(19)11-10-27-8-2-3-9-27/h4-5,12-13H,2-3,8-11,24H2,1H3,(H,29,30). The van der Waals surface area contributed by atoms with E-state index in [0.29, 0.717) is 22.8 Å². The second-order valence-electron chi connectivity index (χ2n) is 7.42. The summed E-state index contributed by atoms with van der Waals surface area (Å²) in [6, 6.07) is 5.52. The zero-order chi connectivity index (χ0) is 21.3. The summed E-state index contributed by atoms with van der Waals surface area (Å²) in [4.78, 5) is 18.2. The number of anilines is 1. The number of hydrogen-bond acceptors (Lipinski definition) is 5. The summed E-state index contributed by atoms with van der Waals surface area (Å²) in [7, 11) is 0. The van der Waals surface area contributed by atoms with Gasteiger partial charge in [0.25, 0.3) is 0 Å². The van der Waals surface area contributed by atoms with Crippen LogP contribution >= 0.6 is 11.6 Å². The molecule has 0 atom stereocenters. The van der Waals surface area contributed by atoms with E-state index >= 15 is 0 Å². The normalized spacial score (nSPS) is 14.1. The maximum Gasteiger partial charge on any atom is 0.338 e. The van der Waals surface area contributed by atoms with E-state index in [4.69, 9.17) is 22.4 Å². The summed E-state index contributed by atoms with van der Waals surface area (Å²) in [6.07, 6.45) is 3.94. The molecule has 0 unspecified atom stereocenters. The molecule has 3 aromatic rings. The van der Waals surface area contributed by atoms with Crippen LogP contribution in [0.3, 0.4) is 0 Å². The van der Waals surface area contributed by atoms with E-state index in [9.17, 15) is 9.90 Å². The molecule has 3 heterocycles. The van der Waals surface area contributed by atoms with Crippen LogP contribution in [0.2, 0.25) is 5.02 Å². The molecule has 1 saturated heterocycles. The van der Waals surface area contributed by atoms with Gasteiger partial charge >= 0.3 is 5.97 Å². The van der Waals surface area contributed by atoms with E-state index in [1.807, 2.05) is 16.8 Å². The molecule has 0 aliphatic carbocycles. The van der Waals surface area contributed by atoms with Crippen LogP contribution in [0, 0.1) is 18.8 Å². The molecule has 8 heteroatoms. The van der Waals surface area contributed by atoms with Gasteiger partial charge in [0.05, 0.1) is 23.3 Å². The minimum absolute atomic E-state index is 0.0322. The van der Waals surface area contributed by atoms with E-state index in [2.05, 4.69) is 21.7 Å². The van der Waals surface area contributed by atoms with Crippen LogP contribution in [0.5, 0.6) is 0 Å². The van der Waals surface area contributed by atoms with Gasteiger partial charge in [-0.1, -0.05) is 11.6 Å². The molecular formula is C22H22ClN5O2. The summed E-state index contributed by atoms with van der Waals surface area (Å²) >= 11 is 6.20. The van der Waals surface area contributed by atoms with Crippen LogP contribution < -0.4 is 5.73 Å². The molecule has 0 amide bonds. The number of hydrogen-bond donors (Lipinski definition) is 2. The molecule has 30 heavy (non-hydrogen) atoms. The van der Waals surface area contributed by atoms with Gasteiger partial charge in [-0.3, -0.25) is 4.68 Å². The Morgan fingerprint density at radius 1 is 1.27 bits per heavy atom. The Morgan fingerprint density at radius 3 is 2.77 bits per heavy atom. The second-order valence-corrected chi connectivity index (χ2v) is 7.85. The Kier molecular flexibility index (Phi) is 5.62. The van der Waals surface area contributed by atoms with Gasteiger partial charge in [-0.05, 0) is 68.5 Å². The second kappa shape index (κ2) is 8.34. The number of carboxylic acid groups (broad SMARTS) is 1. The number of fused-ring (bicyclic) bond motifs is 1. The fourth-order valence-corrected chi connectivity index (χ4v) is 3.94. The van der Waals surface area contributed by atoms with Crippen molar-refractivity contribution in [1.29, 1.82) is 0 Å². The molecule has 1 aliphatic heterocycles. The zero-order valence-corrected chi connectivity index (χ0v) is 17.4. The van der Waals surface area contributed by atoms with Crippen LogP contribution in [-0.2, 0) is 6.54 Å². The van der Waals surface area contributed by atoms with Crippen molar-refractivity contribution in [2.75, 3.05) is 25.4 Å². The first-order valence-corrected chi connectivity index (χ1v) is 10.2. The maximum atomic E-state index is 11.5. The molecule has 0 spiro atoms. The highest BCUT2D eigenvalue weighted by molar-refractivity contribution is 6.31. The number of nitrogens with zero attached hydrogens (tertiary/aromatic N) is 4. The van der Waals surface area contributed by atoms with Gasteiger partial charge in [0, 0.05) is 23.2 Å². The number of aryl methyl sites for hydroxylation is 1. The maximum absolute atomic E-state index is 11.5. The number of benzene rings is 1. The van der Waals surface area contributed by atoms with E-state index in [0.717, 1.165) is 30.5 Å². The third-order valence-corrected chi connectivity index (χ3v) is 5.58. The SMILES string of the molecule is Cc1cnc(C#Cc2c3cc(Cl)ccc3nn2CCN2CCCC2)c(N)c1C(=O)O. The van der Waals surface area contributed by atoms with Crippen LogP contribution in [-0.4, -0.2) is 50.4 Å². The predicted octanol–water partition coefficient (Wildman–Crippen LogP) is 3.17. The van der Waals surface area contributed by atoms with Crippen molar-refractivity contribution in [2.45, 2.75) is 26.3 Å². The molecule has 2 aromatic heterocycles. The topological polar surface area (TPSA) is 97.3 Å². The van der Waals surface area contributed by atoms with E-state index in [1.165, 1.54) is 19.0 Å². The third kappa shape index (κ3) is 3.97. The third-order valence-electron chi connectivity index (χ3n) is 5.35. The number of aromatic nitrogens is 3. The minimum atomic E-state index is -1.09. The van der Waals surface area contributed by atoms with Gasteiger partial charge in [-0.15, -0.1) is 0 Å². The first-order chi connectivity index (χ1) is 14.4. The molecule has 3 N–H and O–H groups in total. The monoisotopic (exact) mass is 423 g/mol. The molecule has 7 nitrogen and oxygen atoms in total. The van der Waals surface area contributed by atoms with E-state index in [-0.39, 0.29) is 16.9 Å². The quantitative estimate of drug-likeness (QED) is 0.625. The first kappa shape index (κ1) is 20.2. The number of carboxylic acids is 1. The van der Waals surface area contributed by atoms with Crippen LogP contribution in [0.1, 0.15) is 40.2 Å². The summed E-state index contributed by atoms with van der Waals surface area (Å²) in [5, 5.41) is 15.6. The van der Waals surface area contributed by atoms with Gasteiger partial charge in [-0.25, -0.2) is 9.78 Å². The lowest BCUT2D eigenvalue weighted by atomic mass is 10.1.